The average molecular weight is 238 g/mol. The van der Waals surface area contributed by atoms with E-state index in [1.54, 1.807) is 0 Å². The zero-order chi connectivity index (χ0) is 12.3. The van der Waals surface area contributed by atoms with Gasteiger partial charge in [0, 0.05) is 12.1 Å². The number of rotatable bonds is 3. The normalized spacial score (nSPS) is 24.6. The molecule has 0 bridgehead atoms. The number of hydrogen-bond acceptors (Lipinski definition) is 3. The molecule has 1 aromatic heterocycles. The summed E-state index contributed by atoms with van der Waals surface area (Å²) >= 11 is 0. The summed E-state index contributed by atoms with van der Waals surface area (Å²) in [6.45, 7) is 2.51. The summed E-state index contributed by atoms with van der Waals surface area (Å²) in [7, 11) is 0. The third-order valence-corrected chi connectivity index (χ3v) is 3.35. The van der Waals surface area contributed by atoms with Gasteiger partial charge in [0.2, 0.25) is 5.88 Å². The fourth-order valence-corrected chi connectivity index (χ4v) is 2.23. The molecule has 2 N–H and O–H groups in total. The van der Waals surface area contributed by atoms with Gasteiger partial charge in [0.1, 0.15) is 11.9 Å². The first-order valence-electron chi connectivity index (χ1n) is 6.20. The van der Waals surface area contributed by atoms with Crippen molar-refractivity contribution in [3.05, 3.63) is 23.6 Å². The molecule has 0 unspecified atom stereocenters. The predicted molar refractivity (Wildman–Crippen MR) is 64.1 cm³/mol. The van der Waals surface area contributed by atoms with Gasteiger partial charge < -0.3 is 10.5 Å². The van der Waals surface area contributed by atoms with Gasteiger partial charge in [-0.1, -0.05) is 6.92 Å². The fourth-order valence-electron chi connectivity index (χ4n) is 2.23. The summed E-state index contributed by atoms with van der Waals surface area (Å²) in [6, 6.07) is 1.40. The van der Waals surface area contributed by atoms with Crippen molar-refractivity contribution in [3.63, 3.8) is 0 Å². The molecule has 0 amide bonds. The van der Waals surface area contributed by atoms with Crippen LogP contribution in [-0.4, -0.2) is 11.1 Å². The molecule has 0 radical (unpaired) electrons. The number of halogens is 1. The van der Waals surface area contributed by atoms with Crippen molar-refractivity contribution in [1.29, 1.82) is 0 Å². The van der Waals surface area contributed by atoms with Crippen molar-refractivity contribution < 1.29 is 9.13 Å². The van der Waals surface area contributed by atoms with Gasteiger partial charge in [-0.15, -0.1) is 0 Å². The molecule has 3 nitrogen and oxygen atoms in total. The van der Waals surface area contributed by atoms with Crippen molar-refractivity contribution in [2.45, 2.75) is 45.3 Å². The topological polar surface area (TPSA) is 48.1 Å². The van der Waals surface area contributed by atoms with E-state index in [9.17, 15) is 4.39 Å². The van der Waals surface area contributed by atoms with Gasteiger partial charge in [-0.3, -0.25) is 0 Å². The fraction of sp³-hybridized carbons (Fsp3) is 0.615. The van der Waals surface area contributed by atoms with Gasteiger partial charge in [0.25, 0.3) is 0 Å². The standard InChI is InChI=1S/C13H19FN2O/c1-9-2-4-12(5-3-9)17-13-10(7-15)6-11(14)8-16-13/h6,8-9,12H,2-5,7,15H2,1H3. The Hall–Kier alpha value is -1.16. The van der Waals surface area contributed by atoms with Crippen LogP contribution in [-0.2, 0) is 6.54 Å². The average Bonchev–Trinajstić information content (AvgIpc) is 2.34. The largest absolute Gasteiger partial charge is 0.474 e. The first-order valence-corrected chi connectivity index (χ1v) is 6.20. The van der Waals surface area contributed by atoms with E-state index in [4.69, 9.17) is 10.5 Å². The lowest BCUT2D eigenvalue weighted by molar-refractivity contribution is 0.128. The highest BCUT2D eigenvalue weighted by atomic mass is 19.1. The van der Waals surface area contributed by atoms with Gasteiger partial charge in [0.15, 0.2) is 0 Å². The summed E-state index contributed by atoms with van der Waals surface area (Å²) < 4.78 is 18.8. The van der Waals surface area contributed by atoms with Gasteiger partial charge in [-0.05, 0) is 37.7 Å². The maximum Gasteiger partial charge on any atom is 0.218 e. The maximum atomic E-state index is 13.0. The van der Waals surface area contributed by atoms with E-state index < -0.39 is 0 Å². The third-order valence-electron chi connectivity index (χ3n) is 3.35. The lowest BCUT2D eigenvalue weighted by Crippen LogP contribution is -2.24. The Kier molecular flexibility index (Phi) is 3.94. The summed E-state index contributed by atoms with van der Waals surface area (Å²) in [5, 5.41) is 0. The van der Waals surface area contributed by atoms with E-state index in [1.165, 1.54) is 25.1 Å². The molecule has 0 saturated heterocycles. The molecule has 1 heterocycles. The zero-order valence-corrected chi connectivity index (χ0v) is 10.2. The Morgan fingerprint density at radius 2 is 2.12 bits per heavy atom. The predicted octanol–water partition coefficient (Wildman–Crippen LogP) is 2.64. The summed E-state index contributed by atoms with van der Waals surface area (Å²) in [5.74, 6) is 0.911. The van der Waals surface area contributed by atoms with Crippen molar-refractivity contribution >= 4 is 0 Å². The summed E-state index contributed by atoms with van der Waals surface area (Å²) in [4.78, 5) is 3.98. The van der Waals surface area contributed by atoms with Gasteiger partial charge >= 0.3 is 0 Å². The Morgan fingerprint density at radius 1 is 1.41 bits per heavy atom. The molecule has 1 aromatic rings. The number of nitrogens with two attached hydrogens (primary N) is 1. The molecule has 1 fully saturated rings. The molecule has 0 atom stereocenters. The second-order valence-corrected chi connectivity index (χ2v) is 4.82. The Balaban J connectivity index is 2.03. The molecule has 1 saturated carbocycles. The van der Waals surface area contributed by atoms with Crippen molar-refractivity contribution in [2.24, 2.45) is 11.7 Å². The SMILES string of the molecule is CC1CCC(Oc2ncc(F)cc2CN)CC1. The van der Waals surface area contributed by atoms with Gasteiger partial charge in [-0.2, -0.15) is 0 Å². The van der Waals surface area contributed by atoms with Crippen LogP contribution >= 0.6 is 0 Å². The van der Waals surface area contributed by atoms with Crippen LogP contribution in [0.1, 0.15) is 38.2 Å². The Labute approximate surface area is 101 Å². The van der Waals surface area contributed by atoms with Crippen LogP contribution in [0.15, 0.2) is 12.3 Å². The van der Waals surface area contributed by atoms with Crippen LogP contribution in [0.25, 0.3) is 0 Å². The van der Waals surface area contributed by atoms with Crippen LogP contribution in [0, 0.1) is 11.7 Å². The molecular formula is C13H19FN2O. The molecule has 4 heteroatoms. The van der Waals surface area contributed by atoms with Crippen molar-refractivity contribution in [1.82, 2.24) is 4.98 Å². The monoisotopic (exact) mass is 238 g/mol. The molecule has 0 spiro atoms. The highest BCUT2D eigenvalue weighted by Gasteiger charge is 2.20. The molecule has 0 aromatic carbocycles. The lowest BCUT2D eigenvalue weighted by Gasteiger charge is -2.27. The maximum absolute atomic E-state index is 13.0. The van der Waals surface area contributed by atoms with E-state index in [2.05, 4.69) is 11.9 Å². The van der Waals surface area contributed by atoms with Crippen LogP contribution in [0.2, 0.25) is 0 Å². The van der Waals surface area contributed by atoms with Crippen LogP contribution in [0.5, 0.6) is 5.88 Å². The second-order valence-electron chi connectivity index (χ2n) is 4.82. The van der Waals surface area contributed by atoms with Gasteiger partial charge in [0.05, 0.1) is 6.20 Å². The summed E-state index contributed by atoms with van der Waals surface area (Å²) in [5.41, 5.74) is 6.20. The Morgan fingerprint density at radius 3 is 2.76 bits per heavy atom. The van der Waals surface area contributed by atoms with Crippen molar-refractivity contribution in [3.8, 4) is 5.88 Å². The number of nitrogens with zero attached hydrogens (tertiary/aromatic N) is 1. The van der Waals surface area contributed by atoms with Crippen LogP contribution in [0.4, 0.5) is 4.39 Å². The zero-order valence-electron chi connectivity index (χ0n) is 10.2. The lowest BCUT2D eigenvalue weighted by atomic mass is 9.89. The highest BCUT2D eigenvalue weighted by Crippen LogP contribution is 2.27. The third kappa shape index (κ3) is 3.16. The molecule has 94 valence electrons. The number of aromatic nitrogens is 1. The molecule has 1 aliphatic rings. The number of hydrogen-bond donors (Lipinski definition) is 1. The number of pyridine rings is 1. The van der Waals surface area contributed by atoms with Crippen molar-refractivity contribution in [2.75, 3.05) is 0 Å². The molecule has 1 aliphatic carbocycles. The molecular weight excluding hydrogens is 219 g/mol. The Bertz CT molecular complexity index is 376. The number of ether oxygens (including phenoxy) is 1. The molecule has 0 aliphatic heterocycles. The van der Waals surface area contributed by atoms with Crippen LogP contribution in [0.3, 0.4) is 0 Å². The van der Waals surface area contributed by atoms with E-state index in [1.807, 2.05) is 0 Å². The first-order chi connectivity index (χ1) is 8.19. The minimum absolute atomic E-state index is 0.203. The summed E-state index contributed by atoms with van der Waals surface area (Å²) in [6.07, 6.45) is 5.84. The first kappa shape index (κ1) is 12.3. The van der Waals surface area contributed by atoms with E-state index >= 15 is 0 Å². The minimum Gasteiger partial charge on any atom is -0.474 e. The molecule has 17 heavy (non-hydrogen) atoms. The smallest absolute Gasteiger partial charge is 0.218 e. The van der Waals surface area contributed by atoms with E-state index in [0.29, 0.717) is 11.4 Å². The molecule has 2 rings (SSSR count). The van der Waals surface area contributed by atoms with Crippen LogP contribution < -0.4 is 10.5 Å². The van der Waals surface area contributed by atoms with E-state index in [-0.39, 0.29) is 18.5 Å². The highest BCUT2D eigenvalue weighted by molar-refractivity contribution is 5.26. The van der Waals surface area contributed by atoms with Gasteiger partial charge in [-0.25, -0.2) is 9.37 Å². The quantitative estimate of drug-likeness (QED) is 0.880. The second kappa shape index (κ2) is 5.45. The van der Waals surface area contributed by atoms with E-state index in [0.717, 1.165) is 18.8 Å². The minimum atomic E-state index is -0.366.